The van der Waals surface area contributed by atoms with E-state index in [2.05, 4.69) is 25.9 Å². The molecule has 156 valence electrons. The topological polar surface area (TPSA) is 78.9 Å². The molecule has 2 aromatic carbocycles. The average Bonchev–Trinajstić information content (AvgIpc) is 2.72. The Morgan fingerprint density at radius 1 is 1.07 bits per heavy atom. The van der Waals surface area contributed by atoms with Crippen LogP contribution >= 0.6 is 0 Å². The van der Waals surface area contributed by atoms with Gasteiger partial charge in [0.05, 0.1) is 0 Å². The molecule has 6 nitrogen and oxygen atoms in total. The monoisotopic (exact) mass is 419 g/mol. The predicted octanol–water partition coefficient (Wildman–Crippen LogP) is 4.35. The Hall–Kier alpha value is -3.69. The van der Waals surface area contributed by atoms with Crippen LogP contribution in [-0.2, 0) is 12.7 Å². The second-order valence-electron chi connectivity index (χ2n) is 6.18. The van der Waals surface area contributed by atoms with Crippen molar-refractivity contribution in [2.24, 2.45) is 0 Å². The molecule has 0 saturated carbocycles. The quantitative estimate of drug-likeness (QED) is 0.518. The normalized spacial score (nSPS) is 11.1. The number of aromatic nitrogens is 2. The second kappa shape index (κ2) is 8.76. The maximum absolute atomic E-state index is 13.8. The molecule has 3 aromatic rings. The number of alkyl halides is 3. The SMILES string of the molecule is CNC(=O)c1ccc(Nc2ncc(C(F)(F)F)c(NCc3ccccc3F)n2)cc1. The number of amides is 1. The number of hydrogen-bond donors (Lipinski definition) is 3. The highest BCUT2D eigenvalue weighted by Gasteiger charge is 2.35. The smallest absolute Gasteiger partial charge is 0.365 e. The Labute approximate surface area is 169 Å². The molecule has 30 heavy (non-hydrogen) atoms. The van der Waals surface area contributed by atoms with Gasteiger partial charge in [-0.3, -0.25) is 4.79 Å². The van der Waals surface area contributed by atoms with Crippen molar-refractivity contribution in [3.8, 4) is 0 Å². The standard InChI is InChI=1S/C20H17F4N5O/c1-25-18(30)12-6-8-14(9-7-12)28-19-27-11-15(20(22,23)24)17(29-19)26-10-13-4-2-3-5-16(13)21/h2-9,11H,10H2,1H3,(H,25,30)(H2,26,27,28,29). The molecule has 0 aliphatic heterocycles. The fourth-order valence-electron chi connectivity index (χ4n) is 2.58. The van der Waals surface area contributed by atoms with Gasteiger partial charge >= 0.3 is 6.18 Å². The molecule has 0 fully saturated rings. The van der Waals surface area contributed by atoms with Crippen molar-refractivity contribution in [1.82, 2.24) is 15.3 Å². The Morgan fingerprint density at radius 3 is 2.40 bits per heavy atom. The summed E-state index contributed by atoms with van der Waals surface area (Å²) in [6.45, 7) is -0.187. The van der Waals surface area contributed by atoms with Gasteiger partial charge in [-0.05, 0) is 30.3 Å². The van der Waals surface area contributed by atoms with Gasteiger partial charge in [0, 0.05) is 36.6 Å². The zero-order valence-corrected chi connectivity index (χ0v) is 15.7. The van der Waals surface area contributed by atoms with Crippen LogP contribution < -0.4 is 16.0 Å². The number of anilines is 3. The Bertz CT molecular complexity index is 1040. The summed E-state index contributed by atoms with van der Waals surface area (Å²) in [4.78, 5) is 19.2. The maximum Gasteiger partial charge on any atom is 0.421 e. The number of nitrogens with zero attached hydrogens (tertiary/aromatic N) is 2. The van der Waals surface area contributed by atoms with E-state index in [9.17, 15) is 22.4 Å². The van der Waals surface area contributed by atoms with Crippen molar-refractivity contribution in [3.05, 3.63) is 77.2 Å². The highest BCUT2D eigenvalue weighted by atomic mass is 19.4. The first-order valence-corrected chi connectivity index (χ1v) is 8.78. The number of carbonyl (C=O) groups excluding carboxylic acids is 1. The maximum atomic E-state index is 13.8. The lowest BCUT2D eigenvalue weighted by molar-refractivity contribution is -0.137. The Kier molecular flexibility index (Phi) is 6.14. The fraction of sp³-hybridized carbons (Fsp3) is 0.150. The van der Waals surface area contributed by atoms with Crippen LogP contribution in [0.25, 0.3) is 0 Å². The third-order valence-electron chi connectivity index (χ3n) is 4.13. The summed E-state index contributed by atoms with van der Waals surface area (Å²) in [5.74, 6) is -1.38. The van der Waals surface area contributed by atoms with E-state index < -0.39 is 23.4 Å². The van der Waals surface area contributed by atoms with Gasteiger partial charge in [-0.2, -0.15) is 18.2 Å². The van der Waals surface area contributed by atoms with Gasteiger partial charge < -0.3 is 16.0 Å². The van der Waals surface area contributed by atoms with E-state index >= 15 is 0 Å². The van der Waals surface area contributed by atoms with Crippen LogP contribution in [-0.4, -0.2) is 22.9 Å². The summed E-state index contributed by atoms with van der Waals surface area (Å²) in [7, 11) is 1.50. The van der Waals surface area contributed by atoms with Gasteiger partial charge in [0.25, 0.3) is 5.91 Å². The lowest BCUT2D eigenvalue weighted by Crippen LogP contribution is -2.17. The van der Waals surface area contributed by atoms with E-state index in [1.54, 1.807) is 30.3 Å². The minimum Gasteiger partial charge on any atom is -0.365 e. The molecular formula is C20H17F4N5O. The number of hydrogen-bond acceptors (Lipinski definition) is 5. The van der Waals surface area contributed by atoms with Crippen molar-refractivity contribution in [1.29, 1.82) is 0 Å². The molecule has 0 unspecified atom stereocenters. The third kappa shape index (κ3) is 5.02. The van der Waals surface area contributed by atoms with Crippen LogP contribution in [0.1, 0.15) is 21.5 Å². The molecular weight excluding hydrogens is 402 g/mol. The first kappa shape index (κ1) is 21.0. The molecule has 0 bridgehead atoms. The summed E-state index contributed by atoms with van der Waals surface area (Å²) >= 11 is 0. The molecule has 1 amide bonds. The highest BCUT2D eigenvalue weighted by Crippen LogP contribution is 2.34. The average molecular weight is 419 g/mol. The van der Waals surface area contributed by atoms with Crippen molar-refractivity contribution in [3.63, 3.8) is 0 Å². The Morgan fingerprint density at radius 2 is 1.77 bits per heavy atom. The molecule has 0 radical (unpaired) electrons. The van der Waals surface area contributed by atoms with Crippen LogP contribution in [0, 0.1) is 5.82 Å². The van der Waals surface area contributed by atoms with Crippen LogP contribution in [0.2, 0.25) is 0 Å². The molecule has 1 heterocycles. The van der Waals surface area contributed by atoms with Crippen molar-refractivity contribution in [2.45, 2.75) is 12.7 Å². The zero-order valence-electron chi connectivity index (χ0n) is 15.7. The van der Waals surface area contributed by atoms with Gasteiger partial charge in [-0.15, -0.1) is 0 Å². The minimum atomic E-state index is -4.69. The van der Waals surface area contributed by atoms with Gasteiger partial charge in [0.2, 0.25) is 5.95 Å². The summed E-state index contributed by atoms with van der Waals surface area (Å²) in [6, 6.07) is 12.0. The molecule has 3 rings (SSSR count). The number of carbonyl (C=O) groups is 1. The molecule has 1 aromatic heterocycles. The van der Waals surface area contributed by atoms with E-state index in [0.717, 1.165) is 0 Å². The molecule has 0 atom stereocenters. The van der Waals surface area contributed by atoms with Crippen molar-refractivity contribution in [2.75, 3.05) is 17.7 Å². The van der Waals surface area contributed by atoms with E-state index in [4.69, 9.17) is 0 Å². The first-order chi connectivity index (χ1) is 14.3. The highest BCUT2D eigenvalue weighted by molar-refractivity contribution is 5.94. The van der Waals surface area contributed by atoms with Crippen LogP contribution in [0.4, 0.5) is 35.0 Å². The lowest BCUT2D eigenvalue weighted by Gasteiger charge is -2.15. The van der Waals surface area contributed by atoms with Crippen molar-refractivity contribution >= 4 is 23.4 Å². The summed E-state index contributed by atoms with van der Waals surface area (Å²) in [5, 5.41) is 7.80. The van der Waals surface area contributed by atoms with E-state index in [0.29, 0.717) is 17.4 Å². The number of halogens is 4. The Balaban J connectivity index is 1.83. The molecule has 0 saturated heterocycles. The van der Waals surface area contributed by atoms with E-state index in [1.165, 1.54) is 25.2 Å². The van der Waals surface area contributed by atoms with E-state index in [1.807, 2.05) is 0 Å². The molecule has 3 N–H and O–H groups in total. The predicted molar refractivity (Wildman–Crippen MR) is 104 cm³/mol. The molecule has 0 aliphatic rings. The number of nitrogens with one attached hydrogen (secondary N) is 3. The largest absolute Gasteiger partial charge is 0.421 e. The fourth-order valence-corrected chi connectivity index (χ4v) is 2.58. The number of rotatable bonds is 6. The van der Waals surface area contributed by atoms with Gasteiger partial charge in [0.15, 0.2) is 0 Å². The van der Waals surface area contributed by atoms with Crippen LogP contribution in [0.15, 0.2) is 54.7 Å². The van der Waals surface area contributed by atoms with Crippen LogP contribution in [0.3, 0.4) is 0 Å². The second-order valence-corrected chi connectivity index (χ2v) is 6.18. The van der Waals surface area contributed by atoms with Gasteiger partial charge in [-0.1, -0.05) is 18.2 Å². The summed E-state index contributed by atoms with van der Waals surface area (Å²) in [6.07, 6.45) is -4.04. The summed E-state index contributed by atoms with van der Waals surface area (Å²) in [5.41, 5.74) is 0.0222. The number of benzene rings is 2. The van der Waals surface area contributed by atoms with Gasteiger partial charge in [0.1, 0.15) is 17.2 Å². The third-order valence-corrected chi connectivity index (χ3v) is 4.13. The van der Waals surface area contributed by atoms with Gasteiger partial charge in [-0.25, -0.2) is 9.37 Å². The van der Waals surface area contributed by atoms with Crippen molar-refractivity contribution < 1.29 is 22.4 Å². The molecule has 10 heteroatoms. The van der Waals surface area contributed by atoms with Crippen LogP contribution in [0.5, 0.6) is 0 Å². The molecule has 0 aliphatic carbocycles. The van der Waals surface area contributed by atoms with E-state index in [-0.39, 0.29) is 24.0 Å². The lowest BCUT2D eigenvalue weighted by atomic mass is 10.2. The first-order valence-electron chi connectivity index (χ1n) is 8.78. The summed E-state index contributed by atoms with van der Waals surface area (Å²) < 4.78 is 53.7. The molecule has 0 spiro atoms. The minimum absolute atomic E-state index is 0.0910. The zero-order chi connectivity index (χ0) is 21.7.